The number of aromatic nitrogens is 1. The van der Waals surface area contributed by atoms with E-state index < -0.39 is 21.6 Å². The summed E-state index contributed by atoms with van der Waals surface area (Å²) >= 11 is 13.3. The summed E-state index contributed by atoms with van der Waals surface area (Å²) in [4.78, 5) is 35.0. The number of nitrogens with one attached hydrogen (secondary N) is 1. The van der Waals surface area contributed by atoms with Gasteiger partial charge in [-0.1, -0.05) is 48.2 Å². The van der Waals surface area contributed by atoms with Crippen molar-refractivity contribution in [3.8, 4) is 5.75 Å². The van der Waals surface area contributed by atoms with E-state index in [-0.39, 0.29) is 58.2 Å². The Morgan fingerprint density at radius 1 is 1.04 bits per heavy atom. The van der Waals surface area contributed by atoms with Crippen LogP contribution in [0, 0.1) is 13.8 Å². The quantitative estimate of drug-likeness (QED) is 0.268. The molecule has 0 radical (unpaired) electrons. The number of benzene rings is 2. The van der Waals surface area contributed by atoms with Crippen molar-refractivity contribution in [2.45, 2.75) is 75.5 Å². The lowest BCUT2D eigenvalue weighted by atomic mass is 9.96. The lowest BCUT2D eigenvalue weighted by Crippen LogP contribution is -3.00. The van der Waals surface area contributed by atoms with Gasteiger partial charge >= 0.3 is 0 Å². The Kier molecular flexibility index (Phi) is 15.1. The van der Waals surface area contributed by atoms with Gasteiger partial charge in [-0.2, -0.15) is 4.72 Å². The Labute approximate surface area is 330 Å². The van der Waals surface area contributed by atoms with Gasteiger partial charge in [-0.05, 0) is 69.4 Å². The minimum Gasteiger partial charge on any atom is -1.00 e. The molecule has 2 aliphatic rings. The second-order valence-corrected chi connectivity index (χ2v) is 17.1. The maximum absolute atomic E-state index is 14.1. The number of quaternary nitrogens is 1. The summed E-state index contributed by atoms with van der Waals surface area (Å²) < 4.78 is 37.8. The van der Waals surface area contributed by atoms with E-state index in [2.05, 4.69) is 30.8 Å². The third-order valence-corrected chi connectivity index (χ3v) is 12.2. The molecule has 2 aromatic carbocycles. The number of aryl methyl sites for hydroxylation is 2. The molecular weight excluding hydrogens is 770 g/mol. The molecule has 2 heterocycles. The SMILES string of the molecule is Cc1cc(C)c2cccc(OCc3c(Cl)ccc(S(=O)(=O)NC4(C(=O)N5CCN(C(=O)[C@@H](N)CCC[N+](C)(C)C)CC5)CCCC4)c3Cl)c2n1.Cl.[Cl-]. The summed E-state index contributed by atoms with van der Waals surface area (Å²) in [5.74, 6) is 0.112. The number of hydrogen-bond donors (Lipinski definition) is 2. The van der Waals surface area contributed by atoms with Crippen LogP contribution in [-0.4, -0.2) is 105 Å². The second kappa shape index (κ2) is 17.8. The normalized spacial score (nSPS) is 16.6. The first kappa shape index (κ1) is 44.0. The number of ether oxygens (including phenoxy) is 1. The summed E-state index contributed by atoms with van der Waals surface area (Å²) in [6.45, 7) is 6.01. The van der Waals surface area contributed by atoms with Gasteiger partial charge in [0.05, 0.1) is 38.8 Å². The van der Waals surface area contributed by atoms with Crippen LogP contribution in [0.1, 0.15) is 55.3 Å². The number of sulfonamides is 1. The van der Waals surface area contributed by atoms with Crippen LogP contribution in [-0.2, 0) is 26.2 Å². The van der Waals surface area contributed by atoms with Gasteiger partial charge in [-0.15, -0.1) is 12.4 Å². The van der Waals surface area contributed by atoms with Crippen molar-refractivity contribution in [2.24, 2.45) is 5.73 Å². The van der Waals surface area contributed by atoms with Gasteiger partial charge in [0.2, 0.25) is 21.8 Å². The predicted octanol–water partition coefficient (Wildman–Crippen LogP) is 2.24. The molecule has 1 aliphatic carbocycles. The lowest BCUT2D eigenvalue weighted by molar-refractivity contribution is -0.870. The van der Waals surface area contributed by atoms with Crippen LogP contribution < -0.4 is 27.6 Å². The number of piperazine rings is 1. The minimum absolute atomic E-state index is 0. The third-order valence-electron chi connectivity index (χ3n) is 9.69. The minimum atomic E-state index is -4.28. The molecule has 1 atom stereocenters. The molecule has 3 N–H and O–H groups in total. The Morgan fingerprint density at radius 2 is 1.67 bits per heavy atom. The van der Waals surface area contributed by atoms with Crippen LogP contribution >= 0.6 is 35.6 Å². The Morgan fingerprint density at radius 3 is 2.31 bits per heavy atom. The number of halogens is 4. The van der Waals surface area contributed by atoms with Crippen molar-refractivity contribution in [1.82, 2.24) is 19.5 Å². The molecule has 2 fully saturated rings. The van der Waals surface area contributed by atoms with Crippen LogP contribution in [0.5, 0.6) is 5.75 Å². The zero-order chi connectivity index (χ0) is 36.4. The van der Waals surface area contributed by atoms with Gasteiger partial charge in [0.1, 0.15) is 28.3 Å². The van der Waals surface area contributed by atoms with Crippen LogP contribution in [0.25, 0.3) is 10.9 Å². The fourth-order valence-corrected chi connectivity index (χ4v) is 9.27. The summed E-state index contributed by atoms with van der Waals surface area (Å²) in [5, 5.41) is 1.12. The number of nitrogens with two attached hydrogens (primary N) is 1. The standard InChI is InChI=1S/C36H49Cl2N6O5S.2ClH/c1-24-22-25(2)40-33-26(24)10-8-12-30(33)49-23-27-28(37)13-14-31(32(27)38)50(47,48)41-36(15-6-7-16-36)35(46)43-19-17-42(18-20-43)34(45)29(39)11-9-21-44(3,4)5;;/h8,10,12-14,22,29,41H,6-7,9,11,15-21,23,39H2,1-5H3;2*1H/q+1;;/p-1/t29-;;/m0../s1. The molecule has 11 nitrogen and oxygen atoms in total. The van der Waals surface area contributed by atoms with Crippen molar-refractivity contribution >= 4 is 68.3 Å². The lowest BCUT2D eigenvalue weighted by Gasteiger charge is -2.40. The van der Waals surface area contributed by atoms with Gasteiger partial charge in [0, 0.05) is 47.8 Å². The highest BCUT2D eigenvalue weighted by Crippen LogP contribution is 2.37. The number of fused-ring (bicyclic) bond motifs is 1. The first-order valence-electron chi connectivity index (χ1n) is 17.2. The molecular formula is C36H50Cl4N6O5S. The highest BCUT2D eigenvalue weighted by Gasteiger charge is 2.47. The van der Waals surface area contributed by atoms with Gasteiger partial charge in [0.25, 0.3) is 0 Å². The number of nitrogens with zero attached hydrogens (tertiary/aromatic N) is 4. The highest BCUT2D eigenvalue weighted by molar-refractivity contribution is 7.89. The monoisotopic (exact) mass is 818 g/mol. The van der Waals surface area contributed by atoms with Crippen molar-refractivity contribution in [1.29, 1.82) is 0 Å². The number of hydrogen-bond acceptors (Lipinski definition) is 7. The predicted molar refractivity (Wildman–Crippen MR) is 204 cm³/mol. The Hall–Kier alpha value is -2.42. The fraction of sp³-hybridized carbons (Fsp3) is 0.528. The summed E-state index contributed by atoms with van der Waals surface area (Å²) in [6.07, 6.45) is 3.54. The Balaban J connectivity index is 0.00000364. The Bertz CT molecular complexity index is 1860. The molecule has 0 spiro atoms. The maximum atomic E-state index is 14.1. The van der Waals surface area contributed by atoms with E-state index >= 15 is 0 Å². The van der Waals surface area contributed by atoms with Gasteiger partial charge < -0.3 is 37.2 Å². The molecule has 1 saturated heterocycles. The molecule has 288 valence electrons. The van der Waals surface area contributed by atoms with E-state index in [0.717, 1.165) is 34.1 Å². The van der Waals surface area contributed by atoms with Crippen molar-refractivity contribution in [3.63, 3.8) is 0 Å². The van der Waals surface area contributed by atoms with E-state index in [1.54, 1.807) is 15.9 Å². The van der Waals surface area contributed by atoms with Crippen LogP contribution in [0.3, 0.4) is 0 Å². The molecule has 3 aromatic rings. The molecule has 0 bridgehead atoms. The van der Waals surface area contributed by atoms with E-state index in [4.69, 9.17) is 33.7 Å². The smallest absolute Gasteiger partial charge is 0.243 e. The summed E-state index contributed by atoms with van der Waals surface area (Å²) in [5.41, 5.74) is 7.82. The number of para-hydroxylation sites is 1. The van der Waals surface area contributed by atoms with Crippen LogP contribution in [0.2, 0.25) is 10.0 Å². The van der Waals surface area contributed by atoms with Crippen LogP contribution in [0.4, 0.5) is 0 Å². The van der Waals surface area contributed by atoms with Crippen molar-refractivity contribution in [3.05, 3.63) is 63.3 Å². The van der Waals surface area contributed by atoms with E-state index in [9.17, 15) is 18.0 Å². The summed E-state index contributed by atoms with van der Waals surface area (Å²) in [7, 11) is 2.03. The third kappa shape index (κ3) is 10.0. The molecule has 52 heavy (non-hydrogen) atoms. The first-order valence-corrected chi connectivity index (χ1v) is 19.4. The van der Waals surface area contributed by atoms with Crippen molar-refractivity contribution in [2.75, 3.05) is 53.9 Å². The number of rotatable bonds is 12. The molecule has 16 heteroatoms. The van der Waals surface area contributed by atoms with Gasteiger partial charge in [0.15, 0.2) is 0 Å². The number of carbonyl (C=O) groups excluding carboxylic acids is 2. The summed E-state index contributed by atoms with van der Waals surface area (Å²) in [6, 6.07) is 9.87. The van der Waals surface area contributed by atoms with Gasteiger partial charge in [-0.3, -0.25) is 9.59 Å². The molecule has 1 saturated carbocycles. The van der Waals surface area contributed by atoms with Crippen LogP contribution in [0.15, 0.2) is 41.3 Å². The number of carbonyl (C=O) groups is 2. The molecule has 2 amide bonds. The van der Waals surface area contributed by atoms with E-state index in [0.29, 0.717) is 75.1 Å². The zero-order valence-electron chi connectivity index (χ0n) is 30.4. The maximum Gasteiger partial charge on any atom is 0.243 e. The second-order valence-electron chi connectivity index (χ2n) is 14.6. The van der Waals surface area contributed by atoms with Gasteiger partial charge in [-0.25, -0.2) is 13.4 Å². The number of pyridine rings is 1. The van der Waals surface area contributed by atoms with Crippen molar-refractivity contribution < 1.29 is 39.6 Å². The highest BCUT2D eigenvalue weighted by atomic mass is 35.5. The van der Waals surface area contributed by atoms with E-state index in [1.165, 1.54) is 12.1 Å². The first-order chi connectivity index (χ1) is 23.5. The zero-order valence-corrected chi connectivity index (χ0v) is 34.3. The molecule has 1 aliphatic heterocycles. The largest absolute Gasteiger partial charge is 1.00 e. The molecule has 5 rings (SSSR count). The fourth-order valence-electron chi connectivity index (χ4n) is 6.96. The number of amides is 2. The van der Waals surface area contributed by atoms with E-state index in [1.807, 2.05) is 32.0 Å². The average molecular weight is 821 g/mol. The topological polar surface area (TPSA) is 135 Å². The molecule has 1 aromatic heterocycles. The molecule has 0 unspecified atom stereocenters. The average Bonchev–Trinajstić information content (AvgIpc) is 3.52.